The smallest absolute Gasteiger partial charge is 0.248 e. The van der Waals surface area contributed by atoms with Crippen LogP contribution in [0.4, 0.5) is 0 Å². The maximum Gasteiger partial charge on any atom is 0.248 e. The third kappa shape index (κ3) is 4.58. The molecule has 19 heavy (non-hydrogen) atoms. The monoisotopic (exact) mass is 276 g/mol. The van der Waals surface area contributed by atoms with Crippen molar-refractivity contribution in [1.29, 1.82) is 0 Å². The normalized spacial score (nSPS) is 12.4. The van der Waals surface area contributed by atoms with Crippen LogP contribution < -0.4 is 0 Å². The molecule has 1 rings (SSSR count). The molecule has 0 saturated carbocycles. The molecule has 0 aliphatic heterocycles. The molecule has 0 bridgehead atoms. The molecule has 4 heteroatoms. The van der Waals surface area contributed by atoms with E-state index in [0.29, 0.717) is 6.54 Å². The molecule has 1 aromatic rings. The first-order valence-corrected chi connectivity index (χ1v) is 6.63. The van der Waals surface area contributed by atoms with Gasteiger partial charge in [0.25, 0.3) is 0 Å². The van der Waals surface area contributed by atoms with E-state index in [1.54, 1.807) is 11.9 Å². The summed E-state index contributed by atoms with van der Waals surface area (Å²) in [6.07, 6.45) is 0. The molecule has 0 aromatic heterocycles. The number of carbonyl (C=O) groups excluding carboxylic acids is 1. The molecule has 1 unspecified atom stereocenters. The SMILES string of the molecule is CN(Cc1ccccc1)C(=O)C(N=C=S)C(C)(C)C. The third-order valence-corrected chi connectivity index (χ3v) is 2.98. The van der Waals surface area contributed by atoms with Crippen molar-refractivity contribution in [2.24, 2.45) is 10.4 Å². The number of thiocarbonyl (C=S) groups is 1. The van der Waals surface area contributed by atoms with Crippen LogP contribution >= 0.6 is 12.2 Å². The highest BCUT2D eigenvalue weighted by atomic mass is 32.1. The van der Waals surface area contributed by atoms with Gasteiger partial charge in [-0.15, -0.1) is 0 Å². The summed E-state index contributed by atoms with van der Waals surface area (Å²) in [4.78, 5) is 18.1. The quantitative estimate of drug-likeness (QED) is 0.625. The van der Waals surface area contributed by atoms with Gasteiger partial charge >= 0.3 is 0 Å². The second-order valence-corrected chi connectivity index (χ2v) is 5.85. The molecule has 0 heterocycles. The van der Waals surface area contributed by atoms with Crippen LogP contribution in [0.1, 0.15) is 26.3 Å². The van der Waals surface area contributed by atoms with Crippen molar-refractivity contribution in [2.75, 3.05) is 7.05 Å². The average molecular weight is 276 g/mol. The Kier molecular flexibility index (Phi) is 5.40. The fourth-order valence-corrected chi connectivity index (χ4v) is 1.92. The van der Waals surface area contributed by atoms with Crippen LogP contribution in [0, 0.1) is 5.41 Å². The number of isothiocyanates is 1. The van der Waals surface area contributed by atoms with Crippen molar-refractivity contribution >= 4 is 23.3 Å². The number of benzene rings is 1. The van der Waals surface area contributed by atoms with E-state index in [1.807, 2.05) is 51.1 Å². The first-order chi connectivity index (χ1) is 8.86. The first-order valence-electron chi connectivity index (χ1n) is 6.22. The molecule has 0 aliphatic rings. The van der Waals surface area contributed by atoms with E-state index in [9.17, 15) is 4.79 Å². The first kappa shape index (κ1) is 15.5. The second kappa shape index (κ2) is 6.60. The molecule has 0 spiro atoms. The summed E-state index contributed by atoms with van der Waals surface area (Å²) in [6, 6.07) is 9.39. The lowest BCUT2D eigenvalue weighted by Crippen LogP contribution is -2.42. The van der Waals surface area contributed by atoms with Gasteiger partial charge in [-0.1, -0.05) is 51.1 Å². The number of rotatable bonds is 4. The summed E-state index contributed by atoms with van der Waals surface area (Å²) in [5.41, 5.74) is 0.825. The van der Waals surface area contributed by atoms with E-state index in [-0.39, 0.29) is 11.3 Å². The average Bonchev–Trinajstić information content (AvgIpc) is 2.35. The van der Waals surface area contributed by atoms with Crippen molar-refractivity contribution < 1.29 is 4.79 Å². The standard InChI is InChI=1S/C15H20N2OS/c1-15(2,3)13(16-11-19)14(18)17(4)10-12-8-6-5-7-9-12/h5-9,13H,10H2,1-4H3. The zero-order valence-corrected chi connectivity index (χ0v) is 12.7. The van der Waals surface area contributed by atoms with E-state index >= 15 is 0 Å². The minimum Gasteiger partial charge on any atom is -0.340 e. The molecule has 3 nitrogen and oxygen atoms in total. The van der Waals surface area contributed by atoms with Crippen molar-refractivity contribution in [3.8, 4) is 0 Å². The van der Waals surface area contributed by atoms with Crippen molar-refractivity contribution in [3.05, 3.63) is 35.9 Å². The number of likely N-dealkylation sites (N-methyl/N-ethyl adjacent to an activating group) is 1. The van der Waals surface area contributed by atoms with E-state index in [0.717, 1.165) is 5.56 Å². The Hall–Kier alpha value is -1.51. The Morgan fingerprint density at radius 1 is 1.37 bits per heavy atom. The lowest BCUT2D eigenvalue weighted by Gasteiger charge is -2.29. The second-order valence-electron chi connectivity index (χ2n) is 5.67. The number of carbonyl (C=O) groups is 1. The molecule has 0 aliphatic carbocycles. The van der Waals surface area contributed by atoms with E-state index in [2.05, 4.69) is 22.4 Å². The Labute approximate surface area is 120 Å². The number of hydrogen-bond donors (Lipinski definition) is 0. The molecule has 0 fully saturated rings. The largest absolute Gasteiger partial charge is 0.340 e. The van der Waals surface area contributed by atoms with Crippen LogP contribution in [0.25, 0.3) is 0 Å². The molecular formula is C15H20N2OS. The fourth-order valence-electron chi connectivity index (χ4n) is 1.82. The van der Waals surface area contributed by atoms with Crippen LogP contribution in [0.15, 0.2) is 35.3 Å². The minimum absolute atomic E-state index is 0.0336. The lowest BCUT2D eigenvalue weighted by molar-refractivity contribution is -0.134. The van der Waals surface area contributed by atoms with Gasteiger partial charge in [-0.25, -0.2) is 4.99 Å². The van der Waals surface area contributed by atoms with Crippen LogP contribution in [0.3, 0.4) is 0 Å². The van der Waals surface area contributed by atoms with Gasteiger partial charge in [-0.3, -0.25) is 4.79 Å². The number of amides is 1. The zero-order chi connectivity index (χ0) is 14.5. The molecular weight excluding hydrogens is 256 g/mol. The maximum absolute atomic E-state index is 12.4. The Morgan fingerprint density at radius 2 is 1.95 bits per heavy atom. The lowest BCUT2D eigenvalue weighted by atomic mass is 9.86. The number of aliphatic imine (C=N–C) groups is 1. The minimum atomic E-state index is -0.487. The maximum atomic E-state index is 12.4. The Balaban J connectivity index is 2.83. The van der Waals surface area contributed by atoms with Gasteiger partial charge in [-0.2, -0.15) is 0 Å². The van der Waals surface area contributed by atoms with Crippen molar-refractivity contribution in [1.82, 2.24) is 4.90 Å². The topological polar surface area (TPSA) is 32.7 Å². The molecule has 1 atom stereocenters. The predicted molar refractivity (Wildman–Crippen MR) is 81.2 cm³/mol. The molecule has 0 radical (unpaired) electrons. The van der Waals surface area contributed by atoms with Crippen LogP contribution in [-0.2, 0) is 11.3 Å². The zero-order valence-electron chi connectivity index (χ0n) is 11.9. The van der Waals surface area contributed by atoms with Crippen molar-refractivity contribution in [3.63, 3.8) is 0 Å². The summed E-state index contributed by atoms with van der Waals surface area (Å²) in [5, 5.41) is 2.33. The van der Waals surface area contributed by atoms with E-state index in [1.165, 1.54) is 0 Å². The summed E-state index contributed by atoms with van der Waals surface area (Å²) < 4.78 is 0. The Morgan fingerprint density at radius 3 is 2.42 bits per heavy atom. The van der Waals surface area contributed by atoms with Gasteiger partial charge in [0.05, 0.1) is 5.16 Å². The fraction of sp³-hybridized carbons (Fsp3) is 0.467. The summed E-state index contributed by atoms with van der Waals surface area (Å²) in [7, 11) is 1.78. The van der Waals surface area contributed by atoms with Crippen molar-refractivity contribution in [2.45, 2.75) is 33.4 Å². The summed E-state index contributed by atoms with van der Waals surface area (Å²) in [5.74, 6) is -0.0336. The van der Waals surface area contributed by atoms with Gasteiger partial charge in [0, 0.05) is 13.6 Å². The number of nitrogens with zero attached hydrogens (tertiary/aromatic N) is 2. The summed E-state index contributed by atoms with van der Waals surface area (Å²) in [6.45, 7) is 6.49. The third-order valence-electron chi connectivity index (χ3n) is 2.87. The molecule has 102 valence electrons. The molecule has 1 aromatic carbocycles. The van der Waals surface area contributed by atoms with Gasteiger partial charge in [0.15, 0.2) is 0 Å². The predicted octanol–water partition coefficient (Wildman–Crippen LogP) is 3.16. The van der Waals surface area contributed by atoms with Crippen LogP contribution in [0.5, 0.6) is 0 Å². The molecule has 0 N–H and O–H groups in total. The molecule has 1 amide bonds. The van der Waals surface area contributed by atoms with E-state index < -0.39 is 6.04 Å². The number of hydrogen-bond acceptors (Lipinski definition) is 3. The van der Waals surface area contributed by atoms with E-state index in [4.69, 9.17) is 0 Å². The Bertz CT molecular complexity index is 473. The highest BCUT2D eigenvalue weighted by Gasteiger charge is 2.32. The van der Waals surface area contributed by atoms with Gasteiger partial charge in [0.1, 0.15) is 6.04 Å². The highest BCUT2D eigenvalue weighted by molar-refractivity contribution is 7.78. The van der Waals surface area contributed by atoms with Gasteiger partial charge in [-0.05, 0) is 23.2 Å². The highest BCUT2D eigenvalue weighted by Crippen LogP contribution is 2.24. The summed E-state index contributed by atoms with van der Waals surface area (Å²) >= 11 is 4.65. The van der Waals surface area contributed by atoms with Gasteiger partial charge < -0.3 is 4.90 Å². The van der Waals surface area contributed by atoms with Crippen LogP contribution in [0.2, 0.25) is 0 Å². The molecule has 0 saturated heterocycles. The van der Waals surface area contributed by atoms with Gasteiger partial charge in [0.2, 0.25) is 5.91 Å². The van der Waals surface area contributed by atoms with Crippen LogP contribution in [-0.4, -0.2) is 29.1 Å².